The van der Waals surface area contributed by atoms with Crippen LogP contribution in [0.2, 0.25) is 0 Å². The maximum absolute atomic E-state index is 14.2. The molecule has 0 unspecified atom stereocenters. The Morgan fingerprint density at radius 1 is 1.03 bits per heavy atom. The summed E-state index contributed by atoms with van der Waals surface area (Å²) in [6.45, 7) is 1.82. The molecule has 0 atom stereocenters. The molecule has 0 spiro atoms. The molecule has 0 saturated carbocycles. The molecule has 2 heterocycles. The minimum atomic E-state index is -4.27. The summed E-state index contributed by atoms with van der Waals surface area (Å²) in [5.74, 6) is 0.110. The Bertz CT molecular complexity index is 1220. The van der Waals surface area contributed by atoms with Gasteiger partial charge in [-0.2, -0.15) is 4.57 Å². The second-order valence-electron chi connectivity index (χ2n) is 6.47. The van der Waals surface area contributed by atoms with Gasteiger partial charge in [-0.1, -0.05) is 48.0 Å². The molecular formula is C22H19FN2O4S. The van der Waals surface area contributed by atoms with E-state index in [0.717, 1.165) is 11.1 Å². The van der Waals surface area contributed by atoms with Gasteiger partial charge >= 0.3 is 0 Å². The predicted octanol–water partition coefficient (Wildman–Crippen LogP) is 3.87. The fourth-order valence-corrected chi connectivity index (χ4v) is 3.28. The summed E-state index contributed by atoms with van der Waals surface area (Å²) < 4.78 is 52.5. The molecule has 0 aliphatic heterocycles. The fraction of sp³-hybridized carbons (Fsp3) is 0.0909. The van der Waals surface area contributed by atoms with Gasteiger partial charge in [-0.25, -0.2) is 17.8 Å². The Balaban J connectivity index is 0.000000199. The van der Waals surface area contributed by atoms with Gasteiger partial charge < -0.3 is 8.97 Å². The van der Waals surface area contributed by atoms with Crippen molar-refractivity contribution in [2.24, 2.45) is 7.05 Å². The first-order valence-electron chi connectivity index (χ1n) is 8.93. The van der Waals surface area contributed by atoms with Crippen LogP contribution in [0.4, 0.5) is 4.39 Å². The third-order valence-electron chi connectivity index (χ3n) is 4.28. The maximum atomic E-state index is 14.2. The van der Waals surface area contributed by atoms with Gasteiger partial charge in [0.05, 0.1) is 16.7 Å². The van der Waals surface area contributed by atoms with E-state index in [2.05, 4.69) is 4.98 Å². The third-order valence-corrected chi connectivity index (χ3v) is 5.13. The second-order valence-corrected chi connectivity index (χ2v) is 7.85. The van der Waals surface area contributed by atoms with E-state index in [9.17, 15) is 17.4 Å². The first kappa shape index (κ1) is 21.4. The van der Waals surface area contributed by atoms with E-state index in [1.807, 2.05) is 44.3 Å². The van der Waals surface area contributed by atoms with Crippen LogP contribution in [-0.2, 0) is 17.2 Å². The zero-order valence-corrected chi connectivity index (χ0v) is 17.1. The van der Waals surface area contributed by atoms with Crippen LogP contribution < -0.4 is 4.57 Å². The number of oxazole rings is 1. The lowest BCUT2D eigenvalue weighted by molar-refractivity contribution is -0.660. The highest BCUT2D eigenvalue weighted by atomic mass is 32.2. The van der Waals surface area contributed by atoms with Gasteiger partial charge in [-0.15, -0.1) is 0 Å². The molecule has 4 rings (SSSR count). The van der Waals surface area contributed by atoms with E-state index in [1.165, 1.54) is 24.5 Å². The Hall–Kier alpha value is -3.36. The van der Waals surface area contributed by atoms with Crippen molar-refractivity contribution in [1.82, 2.24) is 4.98 Å². The van der Waals surface area contributed by atoms with Gasteiger partial charge in [0.2, 0.25) is 0 Å². The number of aryl methyl sites for hydroxylation is 2. The number of aromatic nitrogens is 2. The molecule has 30 heavy (non-hydrogen) atoms. The van der Waals surface area contributed by atoms with E-state index in [4.69, 9.17) is 4.42 Å². The number of hydrogen-bond acceptors (Lipinski definition) is 5. The molecular weight excluding hydrogens is 407 g/mol. The van der Waals surface area contributed by atoms with Crippen LogP contribution in [0, 0.1) is 12.7 Å². The van der Waals surface area contributed by atoms with Crippen molar-refractivity contribution in [1.29, 1.82) is 0 Å². The van der Waals surface area contributed by atoms with Crippen molar-refractivity contribution in [3.63, 3.8) is 0 Å². The molecule has 0 radical (unpaired) electrons. The van der Waals surface area contributed by atoms with Gasteiger partial charge in [0.15, 0.2) is 6.20 Å². The summed E-state index contributed by atoms with van der Waals surface area (Å²) in [7, 11) is -2.43. The number of nitrogens with zero attached hydrogens (tertiary/aromatic N) is 2. The third kappa shape index (κ3) is 4.97. The summed E-state index contributed by atoms with van der Waals surface area (Å²) in [5, 5.41) is 0. The monoisotopic (exact) mass is 426 g/mol. The molecule has 8 heteroatoms. The minimum absolute atomic E-state index is 0.178. The highest BCUT2D eigenvalue weighted by molar-refractivity contribution is 7.85. The lowest BCUT2D eigenvalue weighted by atomic mass is 10.0. The van der Waals surface area contributed by atoms with Gasteiger partial charge in [0.25, 0.3) is 11.6 Å². The van der Waals surface area contributed by atoms with Crippen molar-refractivity contribution in [3.05, 3.63) is 90.7 Å². The van der Waals surface area contributed by atoms with Crippen molar-refractivity contribution < 1.29 is 26.3 Å². The summed E-state index contributed by atoms with van der Waals surface area (Å²) in [5.41, 5.74) is 2.84. The average molecular weight is 426 g/mol. The fourth-order valence-electron chi connectivity index (χ4n) is 2.81. The Labute approximate surface area is 174 Å². The Morgan fingerprint density at radius 3 is 2.27 bits per heavy atom. The first-order chi connectivity index (χ1) is 14.3. The minimum Gasteiger partial charge on any atom is -0.744 e. The molecule has 4 aromatic rings. The summed E-state index contributed by atoms with van der Waals surface area (Å²) in [6.07, 6.45) is 4.69. The Morgan fingerprint density at radius 2 is 1.70 bits per heavy atom. The van der Waals surface area contributed by atoms with E-state index >= 15 is 0 Å². The largest absolute Gasteiger partial charge is 0.744 e. The molecule has 0 fully saturated rings. The number of halogens is 1. The number of hydrogen-bond donors (Lipinski definition) is 0. The van der Waals surface area contributed by atoms with Crippen LogP contribution in [0.25, 0.3) is 22.7 Å². The molecule has 0 aliphatic carbocycles. The summed E-state index contributed by atoms with van der Waals surface area (Å²) in [6, 6.07) is 16.6. The highest BCUT2D eigenvalue weighted by Crippen LogP contribution is 2.30. The number of pyridine rings is 1. The molecule has 0 saturated heterocycles. The van der Waals surface area contributed by atoms with E-state index in [0.29, 0.717) is 17.1 Å². The topological polar surface area (TPSA) is 87.1 Å². The SMILES string of the molecule is C[n+]1ccc(F)c(-c2ccccc2)c1-c1ncco1.Cc1ccc(S(=O)(=O)[O-])cc1. The molecule has 2 aromatic heterocycles. The van der Waals surface area contributed by atoms with Gasteiger partial charge in [-0.05, 0) is 24.6 Å². The molecule has 6 nitrogen and oxygen atoms in total. The molecule has 0 aliphatic rings. The van der Waals surface area contributed by atoms with E-state index in [-0.39, 0.29) is 10.7 Å². The molecule has 0 amide bonds. The van der Waals surface area contributed by atoms with Crippen LogP contribution in [0.1, 0.15) is 5.56 Å². The van der Waals surface area contributed by atoms with Crippen molar-refractivity contribution in [2.45, 2.75) is 11.8 Å². The smallest absolute Gasteiger partial charge is 0.293 e. The number of benzene rings is 2. The van der Waals surface area contributed by atoms with Crippen LogP contribution in [0.3, 0.4) is 0 Å². The lowest BCUT2D eigenvalue weighted by Gasteiger charge is -2.06. The maximum Gasteiger partial charge on any atom is 0.293 e. The van der Waals surface area contributed by atoms with Crippen LogP contribution in [0.15, 0.2) is 88.6 Å². The summed E-state index contributed by atoms with van der Waals surface area (Å²) >= 11 is 0. The molecule has 0 bridgehead atoms. The normalized spacial score (nSPS) is 10.9. The highest BCUT2D eigenvalue weighted by Gasteiger charge is 2.25. The van der Waals surface area contributed by atoms with Gasteiger partial charge in [-0.3, -0.25) is 0 Å². The first-order valence-corrected chi connectivity index (χ1v) is 10.3. The van der Waals surface area contributed by atoms with Gasteiger partial charge in [0, 0.05) is 6.07 Å². The van der Waals surface area contributed by atoms with E-state index in [1.54, 1.807) is 29.1 Å². The molecule has 154 valence electrons. The van der Waals surface area contributed by atoms with E-state index < -0.39 is 10.1 Å². The Kier molecular flexibility index (Phi) is 6.39. The molecule has 2 aromatic carbocycles. The number of rotatable bonds is 3. The van der Waals surface area contributed by atoms with Crippen LogP contribution in [-0.4, -0.2) is 18.0 Å². The standard InChI is InChI=1S/C15H12FN2O.C7H8O3S/c1-18-9-7-12(16)13(11-5-3-2-4-6-11)14(18)15-17-8-10-19-15;1-6-2-4-7(5-3-6)11(8,9)10/h2-10H,1H3;2-5H,1H3,(H,8,9,10)/q+1;/p-1. The van der Waals surface area contributed by atoms with Crippen LogP contribution >= 0.6 is 0 Å². The molecule has 0 N–H and O–H groups in total. The predicted molar refractivity (Wildman–Crippen MR) is 108 cm³/mol. The average Bonchev–Trinajstić information content (AvgIpc) is 3.24. The van der Waals surface area contributed by atoms with Gasteiger partial charge in [0.1, 0.15) is 29.2 Å². The second kappa shape index (κ2) is 8.98. The quantitative estimate of drug-likeness (QED) is 0.367. The van der Waals surface area contributed by atoms with Crippen molar-refractivity contribution >= 4 is 10.1 Å². The summed E-state index contributed by atoms with van der Waals surface area (Å²) in [4.78, 5) is 3.94. The van der Waals surface area contributed by atoms with Crippen molar-refractivity contribution in [3.8, 4) is 22.7 Å². The van der Waals surface area contributed by atoms with Crippen LogP contribution in [0.5, 0.6) is 0 Å². The van der Waals surface area contributed by atoms with Crippen molar-refractivity contribution in [2.75, 3.05) is 0 Å². The zero-order valence-electron chi connectivity index (χ0n) is 16.3. The zero-order chi connectivity index (χ0) is 21.7. The lowest BCUT2D eigenvalue weighted by Crippen LogP contribution is -2.31.